The van der Waals surface area contributed by atoms with Gasteiger partial charge in [0.1, 0.15) is 11.9 Å². The first-order valence-electron chi connectivity index (χ1n) is 15.4. The summed E-state index contributed by atoms with van der Waals surface area (Å²) < 4.78 is 33.4. The van der Waals surface area contributed by atoms with Crippen molar-refractivity contribution in [3.8, 4) is 0 Å². The van der Waals surface area contributed by atoms with Crippen molar-refractivity contribution in [2.45, 2.75) is 122 Å². The van der Waals surface area contributed by atoms with Crippen LogP contribution in [-0.4, -0.2) is 64.6 Å². The van der Waals surface area contributed by atoms with Gasteiger partial charge < -0.3 is 23.4 Å². The van der Waals surface area contributed by atoms with E-state index in [0.29, 0.717) is 50.5 Å². The average molecular weight is 549 g/mol. The molecule has 1 spiro atoms. The lowest BCUT2D eigenvalue weighted by molar-refractivity contribution is -0.363. The summed E-state index contributed by atoms with van der Waals surface area (Å²) in [7, 11) is -2.08. The van der Waals surface area contributed by atoms with Crippen LogP contribution in [-0.2, 0) is 28.2 Å². The van der Waals surface area contributed by atoms with E-state index in [1.165, 1.54) is 0 Å². The smallest absolute Gasteiger partial charge is 0.195 e. The van der Waals surface area contributed by atoms with Crippen LogP contribution in [0, 0.1) is 40.4 Å². The van der Waals surface area contributed by atoms with Gasteiger partial charge in [-0.05, 0) is 85.2 Å². The number of fused-ring (bicyclic) bond motifs is 1. The van der Waals surface area contributed by atoms with Crippen LogP contribution in [0.1, 0.15) is 80.1 Å². The minimum absolute atomic E-state index is 0.0420. The summed E-state index contributed by atoms with van der Waals surface area (Å²) in [6.45, 7) is 21.2. The molecule has 8 bridgehead atoms. The predicted molar refractivity (Wildman–Crippen MR) is 148 cm³/mol. The molecule has 5 aliphatic heterocycles. The first-order valence-corrected chi connectivity index (χ1v) is 18.3. The molecule has 0 aromatic rings. The first kappa shape index (κ1) is 27.8. The fourth-order valence-electron chi connectivity index (χ4n) is 9.95. The fraction of sp³-hybridized carbons (Fsp3) is 0.968. The van der Waals surface area contributed by atoms with Crippen molar-refractivity contribution in [3.63, 3.8) is 0 Å². The number of carbonyl (C=O) groups is 1. The molecule has 9 aliphatic rings. The number of carbonyl (C=O) groups excluding carboxylic acids is 1. The second kappa shape index (κ2) is 9.09. The van der Waals surface area contributed by atoms with Crippen LogP contribution < -0.4 is 0 Å². The number of rotatable bonds is 2. The average Bonchev–Trinajstić information content (AvgIpc) is 3.16. The lowest BCUT2D eigenvalue weighted by atomic mass is 9.43. The maximum atomic E-state index is 14.3. The third-order valence-electron chi connectivity index (χ3n) is 12.9. The number of ether oxygens (including phenoxy) is 4. The van der Waals surface area contributed by atoms with E-state index in [-0.39, 0.29) is 51.9 Å². The van der Waals surface area contributed by atoms with Gasteiger partial charge in [-0.2, -0.15) is 0 Å². The van der Waals surface area contributed by atoms with E-state index in [1.54, 1.807) is 0 Å². The summed E-state index contributed by atoms with van der Waals surface area (Å²) in [4.78, 5) is 14.3. The SMILES string of the molecule is CC1OCCOC23C[C@H]4CC(=O)[C@@H]5C([C@H](O[Si](C)(C)C(C)(C)C)C[C@]6(C)[C@@H]1CC[C@H]56)[C@@]4(C)CC2OCCO3. The molecular weight excluding hydrogens is 496 g/mol. The number of Topliss-reactive ketones (excluding diaryl/α,β-unsaturated/α-hetero) is 1. The minimum atomic E-state index is -2.08. The molecule has 4 saturated carbocycles. The van der Waals surface area contributed by atoms with E-state index in [2.05, 4.69) is 54.6 Å². The second-order valence-electron chi connectivity index (χ2n) is 15.7. The Morgan fingerprint density at radius 2 is 1.55 bits per heavy atom. The van der Waals surface area contributed by atoms with Crippen LogP contribution in [0.2, 0.25) is 18.1 Å². The van der Waals surface area contributed by atoms with Gasteiger partial charge in [0.25, 0.3) is 0 Å². The van der Waals surface area contributed by atoms with Gasteiger partial charge in [0.15, 0.2) is 14.1 Å². The summed E-state index contributed by atoms with van der Waals surface area (Å²) in [5.41, 5.74) is -0.00416. The maximum absolute atomic E-state index is 14.3. The monoisotopic (exact) mass is 548 g/mol. The molecule has 5 saturated heterocycles. The Morgan fingerprint density at radius 1 is 0.895 bits per heavy atom. The van der Waals surface area contributed by atoms with Gasteiger partial charge in [0, 0.05) is 24.9 Å². The molecule has 5 heterocycles. The van der Waals surface area contributed by atoms with Crippen LogP contribution in [0.3, 0.4) is 0 Å². The van der Waals surface area contributed by atoms with Crippen molar-refractivity contribution >= 4 is 14.1 Å². The highest BCUT2D eigenvalue weighted by molar-refractivity contribution is 6.74. The molecule has 4 unspecified atom stereocenters. The summed E-state index contributed by atoms with van der Waals surface area (Å²) in [5.74, 6) is 1.01. The van der Waals surface area contributed by atoms with Gasteiger partial charge in [0.2, 0.25) is 0 Å². The van der Waals surface area contributed by atoms with Crippen LogP contribution in [0.25, 0.3) is 0 Å². The zero-order valence-corrected chi connectivity index (χ0v) is 26.1. The van der Waals surface area contributed by atoms with E-state index in [1.807, 2.05) is 0 Å². The highest BCUT2D eigenvalue weighted by Crippen LogP contribution is 2.69. The van der Waals surface area contributed by atoms with Gasteiger partial charge in [-0.1, -0.05) is 34.6 Å². The third kappa shape index (κ3) is 3.99. The molecule has 0 aromatic heterocycles. The van der Waals surface area contributed by atoms with Crippen molar-refractivity contribution in [2.24, 2.45) is 40.4 Å². The first-order chi connectivity index (χ1) is 17.7. The van der Waals surface area contributed by atoms with E-state index in [9.17, 15) is 4.79 Å². The second-order valence-corrected chi connectivity index (χ2v) is 20.5. The molecule has 7 heteroatoms. The van der Waals surface area contributed by atoms with Crippen molar-refractivity contribution in [1.82, 2.24) is 0 Å². The highest BCUT2D eigenvalue weighted by atomic mass is 28.4. The van der Waals surface area contributed by atoms with Gasteiger partial charge >= 0.3 is 0 Å². The Morgan fingerprint density at radius 3 is 2.24 bits per heavy atom. The Bertz CT molecular complexity index is 947. The molecule has 0 amide bonds. The zero-order chi connectivity index (χ0) is 27.3. The van der Waals surface area contributed by atoms with Crippen molar-refractivity contribution in [3.05, 3.63) is 0 Å². The number of ketones is 1. The molecule has 4 aliphatic carbocycles. The Kier molecular flexibility index (Phi) is 6.66. The van der Waals surface area contributed by atoms with Crippen LogP contribution >= 0.6 is 0 Å². The molecule has 0 radical (unpaired) electrons. The minimum Gasteiger partial charge on any atom is -0.414 e. The standard InChI is InChI=1S/C31H52O6Si/c1-19-21-9-10-22-26-23(32)15-20-16-31(35-13-11-33-19)25(34-12-14-36-31)18-29(20,5)27(26)24(17-30(21,22)6)37-38(7,8)28(2,3)4/h19-22,24-27H,9-18H2,1-8H3/t19?,20-,21-,22-,24-,25?,26-,27?,29+,30-,31?/m1/s1. The van der Waals surface area contributed by atoms with Crippen LogP contribution in [0.5, 0.6) is 0 Å². The molecule has 38 heavy (non-hydrogen) atoms. The normalized spacial score (nSPS) is 51.2. The van der Waals surface area contributed by atoms with Crippen molar-refractivity contribution in [2.75, 3.05) is 26.4 Å². The molecule has 11 atom stereocenters. The van der Waals surface area contributed by atoms with E-state index < -0.39 is 14.1 Å². The molecule has 9 rings (SSSR count). The Balaban J connectivity index is 1.50. The van der Waals surface area contributed by atoms with Gasteiger partial charge in [-0.15, -0.1) is 0 Å². The molecule has 216 valence electrons. The van der Waals surface area contributed by atoms with Crippen molar-refractivity contribution in [1.29, 1.82) is 0 Å². The van der Waals surface area contributed by atoms with E-state index in [0.717, 1.165) is 32.1 Å². The third-order valence-corrected chi connectivity index (χ3v) is 17.4. The summed E-state index contributed by atoms with van der Waals surface area (Å²) >= 11 is 0. The summed E-state index contributed by atoms with van der Waals surface area (Å²) in [6.07, 6.45) is 5.58. The molecular formula is C31H52O6Si. The number of hydrogen-bond acceptors (Lipinski definition) is 6. The lowest BCUT2D eigenvalue weighted by Gasteiger charge is -2.65. The highest BCUT2D eigenvalue weighted by Gasteiger charge is 2.70. The van der Waals surface area contributed by atoms with E-state index >= 15 is 0 Å². The Labute approximate surface area is 231 Å². The van der Waals surface area contributed by atoms with Crippen LogP contribution in [0.4, 0.5) is 0 Å². The quantitative estimate of drug-likeness (QED) is 0.396. The summed E-state index contributed by atoms with van der Waals surface area (Å²) in [6, 6.07) is 0. The van der Waals surface area contributed by atoms with Gasteiger partial charge in [-0.3, -0.25) is 4.79 Å². The summed E-state index contributed by atoms with van der Waals surface area (Å²) in [5, 5.41) is 0.113. The topological polar surface area (TPSA) is 63.2 Å². The van der Waals surface area contributed by atoms with E-state index in [4.69, 9.17) is 23.4 Å². The van der Waals surface area contributed by atoms with Gasteiger partial charge in [0.05, 0.1) is 32.5 Å². The van der Waals surface area contributed by atoms with Crippen molar-refractivity contribution < 1.29 is 28.2 Å². The number of hydrogen-bond donors (Lipinski definition) is 0. The largest absolute Gasteiger partial charge is 0.414 e. The predicted octanol–water partition coefficient (Wildman–Crippen LogP) is 5.98. The maximum Gasteiger partial charge on any atom is 0.195 e. The lowest BCUT2D eigenvalue weighted by Crippen LogP contribution is -2.69. The van der Waals surface area contributed by atoms with Gasteiger partial charge in [-0.25, -0.2) is 0 Å². The zero-order valence-electron chi connectivity index (χ0n) is 25.1. The van der Waals surface area contributed by atoms with Crippen LogP contribution in [0.15, 0.2) is 0 Å². The molecule has 6 nitrogen and oxygen atoms in total. The molecule has 0 N–H and O–H groups in total. The molecule has 0 aromatic carbocycles. The molecule has 9 fully saturated rings. The Hall–Kier alpha value is -0.313. The fourth-order valence-corrected chi connectivity index (χ4v) is 11.3.